The minimum atomic E-state index is -0.144. The van der Waals surface area contributed by atoms with Crippen molar-refractivity contribution in [3.05, 3.63) is 35.6 Å². The summed E-state index contributed by atoms with van der Waals surface area (Å²) in [5, 5.41) is 1.54. The Morgan fingerprint density at radius 3 is 2.38 bits per heavy atom. The molecule has 0 aliphatic rings. The molecule has 0 saturated carbocycles. The maximum Gasteiger partial charge on any atom is 0.127 e. The summed E-state index contributed by atoms with van der Waals surface area (Å²) in [5.74, 6) is 0.924. The number of rotatable bonds is 6. The molecule has 4 heteroatoms. The van der Waals surface area contributed by atoms with E-state index in [9.17, 15) is 4.39 Å². The van der Waals surface area contributed by atoms with E-state index in [4.69, 9.17) is 0 Å². The second-order valence-corrected chi connectivity index (χ2v) is 5.88. The van der Waals surface area contributed by atoms with Crippen LogP contribution < -0.4 is 0 Å². The van der Waals surface area contributed by atoms with Crippen molar-refractivity contribution in [2.24, 2.45) is 0 Å². The lowest BCUT2D eigenvalue weighted by Gasteiger charge is -2.30. The Bertz CT molecular complexity index is 327. The van der Waals surface area contributed by atoms with Crippen LogP contribution in [0.2, 0.25) is 0 Å². The summed E-state index contributed by atoms with van der Waals surface area (Å²) >= 11 is 8.85. The summed E-state index contributed by atoms with van der Waals surface area (Å²) in [6.07, 6.45) is 3.04. The molecule has 0 atom stereocenters. The molecule has 0 unspecified atom stereocenters. The maximum absolute atomic E-state index is 13.8. The SMILES string of the molecule is CSCCC(CBr)(CBr)c1ccccc1F. The molecule has 0 fully saturated rings. The molecule has 0 aliphatic carbocycles. The fourth-order valence-corrected chi connectivity index (χ4v) is 4.32. The lowest BCUT2D eigenvalue weighted by Crippen LogP contribution is -2.32. The molecule has 0 heterocycles. The molecule has 0 N–H and O–H groups in total. The van der Waals surface area contributed by atoms with E-state index in [1.807, 2.05) is 12.1 Å². The third-order valence-corrected chi connectivity index (χ3v) is 5.50. The van der Waals surface area contributed by atoms with Crippen molar-refractivity contribution in [3.8, 4) is 0 Å². The minimum absolute atomic E-state index is 0.109. The number of alkyl halides is 2. The first-order valence-electron chi connectivity index (χ1n) is 5.06. The molecule has 0 nitrogen and oxygen atoms in total. The Morgan fingerprint density at radius 2 is 1.88 bits per heavy atom. The molecule has 1 aromatic rings. The third-order valence-electron chi connectivity index (χ3n) is 2.74. The van der Waals surface area contributed by atoms with Gasteiger partial charge in [0.25, 0.3) is 0 Å². The average Bonchev–Trinajstić information content (AvgIpc) is 2.33. The molecule has 0 spiro atoms. The Hall–Kier alpha value is 0.460. The number of hydrogen-bond acceptors (Lipinski definition) is 1. The van der Waals surface area contributed by atoms with Gasteiger partial charge in [-0.2, -0.15) is 11.8 Å². The zero-order valence-electron chi connectivity index (χ0n) is 9.18. The van der Waals surface area contributed by atoms with Crippen molar-refractivity contribution in [3.63, 3.8) is 0 Å². The summed E-state index contributed by atoms with van der Waals surface area (Å²) in [6.45, 7) is 0. The van der Waals surface area contributed by atoms with Crippen LogP contribution in [-0.4, -0.2) is 22.7 Å². The van der Waals surface area contributed by atoms with E-state index in [0.29, 0.717) is 0 Å². The Labute approximate surface area is 118 Å². The third kappa shape index (κ3) is 3.23. The predicted octanol–water partition coefficient (Wildman–Crippen LogP) is 4.61. The standard InChI is InChI=1S/C12H15Br2FS/c1-16-7-6-12(8-13,9-14)10-4-2-3-5-11(10)15/h2-5H,6-9H2,1H3. The molecule has 90 valence electrons. The molecular formula is C12H15Br2FS. The van der Waals surface area contributed by atoms with Crippen LogP contribution in [0.25, 0.3) is 0 Å². The van der Waals surface area contributed by atoms with E-state index in [2.05, 4.69) is 38.1 Å². The number of halogens is 3. The van der Waals surface area contributed by atoms with Gasteiger partial charge in [0.15, 0.2) is 0 Å². The van der Waals surface area contributed by atoms with Gasteiger partial charge in [-0.1, -0.05) is 50.1 Å². The lowest BCUT2D eigenvalue weighted by atomic mass is 9.82. The predicted molar refractivity (Wildman–Crippen MR) is 78.7 cm³/mol. The van der Waals surface area contributed by atoms with E-state index in [1.54, 1.807) is 17.8 Å². The molecule has 0 radical (unpaired) electrons. The van der Waals surface area contributed by atoms with Crippen LogP contribution in [0.1, 0.15) is 12.0 Å². The molecular weight excluding hydrogens is 355 g/mol. The first-order chi connectivity index (χ1) is 7.70. The van der Waals surface area contributed by atoms with Gasteiger partial charge in [-0.3, -0.25) is 0 Å². The first-order valence-corrected chi connectivity index (χ1v) is 8.70. The Kier molecular flexibility index (Phi) is 6.37. The van der Waals surface area contributed by atoms with Crippen LogP contribution in [-0.2, 0) is 5.41 Å². The second kappa shape index (κ2) is 7.02. The van der Waals surface area contributed by atoms with Crippen LogP contribution in [0.15, 0.2) is 24.3 Å². The van der Waals surface area contributed by atoms with E-state index < -0.39 is 0 Å². The number of benzene rings is 1. The van der Waals surface area contributed by atoms with Crippen molar-refractivity contribution in [1.29, 1.82) is 0 Å². The highest BCUT2D eigenvalue weighted by Gasteiger charge is 2.31. The van der Waals surface area contributed by atoms with Crippen molar-refractivity contribution < 1.29 is 4.39 Å². The first kappa shape index (κ1) is 14.5. The molecule has 1 rings (SSSR count). The van der Waals surface area contributed by atoms with E-state index in [-0.39, 0.29) is 11.2 Å². The zero-order chi connectivity index (χ0) is 12.0. The largest absolute Gasteiger partial charge is 0.207 e. The van der Waals surface area contributed by atoms with E-state index in [0.717, 1.165) is 28.4 Å². The van der Waals surface area contributed by atoms with Crippen LogP contribution in [0.5, 0.6) is 0 Å². The van der Waals surface area contributed by atoms with Gasteiger partial charge in [0.2, 0.25) is 0 Å². The van der Waals surface area contributed by atoms with Crippen LogP contribution >= 0.6 is 43.6 Å². The normalized spacial score (nSPS) is 11.8. The van der Waals surface area contributed by atoms with Gasteiger partial charge in [0, 0.05) is 16.1 Å². The van der Waals surface area contributed by atoms with Gasteiger partial charge < -0.3 is 0 Å². The van der Waals surface area contributed by atoms with Crippen molar-refractivity contribution in [2.45, 2.75) is 11.8 Å². The van der Waals surface area contributed by atoms with Gasteiger partial charge in [0.05, 0.1) is 0 Å². The fraction of sp³-hybridized carbons (Fsp3) is 0.500. The van der Waals surface area contributed by atoms with Crippen LogP contribution in [0, 0.1) is 5.82 Å². The quantitative estimate of drug-likeness (QED) is 0.660. The highest BCUT2D eigenvalue weighted by atomic mass is 79.9. The van der Waals surface area contributed by atoms with Crippen molar-refractivity contribution in [2.75, 3.05) is 22.7 Å². The van der Waals surface area contributed by atoms with E-state index in [1.165, 1.54) is 6.07 Å². The molecule has 16 heavy (non-hydrogen) atoms. The number of hydrogen-bond donors (Lipinski definition) is 0. The van der Waals surface area contributed by atoms with E-state index >= 15 is 0 Å². The fourth-order valence-electron chi connectivity index (χ4n) is 1.64. The molecule has 0 aliphatic heterocycles. The lowest BCUT2D eigenvalue weighted by molar-refractivity contribution is 0.493. The molecule has 0 amide bonds. The summed E-state index contributed by atoms with van der Waals surface area (Å²) in [5.41, 5.74) is 0.659. The highest BCUT2D eigenvalue weighted by Crippen LogP contribution is 2.34. The van der Waals surface area contributed by atoms with Gasteiger partial charge in [0.1, 0.15) is 5.82 Å². The van der Waals surface area contributed by atoms with Crippen LogP contribution in [0.4, 0.5) is 4.39 Å². The van der Waals surface area contributed by atoms with Crippen molar-refractivity contribution >= 4 is 43.6 Å². The maximum atomic E-state index is 13.8. The van der Waals surface area contributed by atoms with Gasteiger partial charge in [-0.05, 0) is 30.1 Å². The molecule has 0 aromatic heterocycles. The Morgan fingerprint density at radius 1 is 1.25 bits per heavy atom. The molecule has 1 aromatic carbocycles. The van der Waals surface area contributed by atoms with Gasteiger partial charge in [-0.15, -0.1) is 0 Å². The smallest absolute Gasteiger partial charge is 0.127 e. The average molecular weight is 370 g/mol. The summed E-state index contributed by atoms with van der Waals surface area (Å²) in [7, 11) is 0. The zero-order valence-corrected chi connectivity index (χ0v) is 13.2. The topological polar surface area (TPSA) is 0 Å². The second-order valence-electron chi connectivity index (χ2n) is 3.77. The van der Waals surface area contributed by atoms with Crippen molar-refractivity contribution in [1.82, 2.24) is 0 Å². The monoisotopic (exact) mass is 368 g/mol. The van der Waals surface area contributed by atoms with Crippen LogP contribution in [0.3, 0.4) is 0 Å². The summed E-state index contributed by atoms with van der Waals surface area (Å²) in [6, 6.07) is 7.06. The van der Waals surface area contributed by atoms with Gasteiger partial charge in [-0.25, -0.2) is 4.39 Å². The molecule has 0 saturated heterocycles. The summed E-state index contributed by atoms with van der Waals surface area (Å²) < 4.78 is 13.8. The minimum Gasteiger partial charge on any atom is -0.207 e. The summed E-state index contributed by atoms with van der Waals surface area (Å²) in [4.78, 5) is 0. The Balaban J connectivity index is 3.05. The number of thioether (sulfide) groups is 1. The highest BCUT2D eigenvalue weighted by molar-refractivity contribution is 9.09. The molecule has 0 bridgehead atoms. The van der Waals surface area contributed by atoms with Gasteiger partial charge >= 0.3 is 0 Å².